The molecule has 0 unspecified atom stereocenters. The number of benzene rings is 1. The number of nitrogens with zero attached hydrogens (tertiary/aromatic N) is 3. The number of anilines is 1. The zero-order valence-corrected chi connectivity index (χ0v) is 14.7. The maximum absolute atomic E-state index is 12.5. The molecule has 2 saturated heterocycles. The first-order chi connectivity index (χ1) is 12.2. The lowest BCUT2D eigenvalue weighted by atomic mass is 10.0. The molecule has 0 spiro atoms. The molecule has 4 rings (SSSR count). The van der Waals surface area contributed by atoms with Gasteiger partial charge in [0.25, 0.3) is 0 Å². The maximum atomic E-state index is 12.5. The highest BCUT2D eigenvalue weighted by atomic mass is 16.5. The van der Waals surface area contributed by atoms with Crippen molar-refractivity contribution in [2.75, 3.05) is 38.2 Å². The SMILES string of the molecule is COC(=O)N1CC[C@H](N2CCC(N3C(=O)Cc4ccccc43)CC2)C1. The van der Waals surface area contributed by atoms with Crippen LogP contribution < -0.4 is 4.90 Å². The number of methoxy groups -OCH3 is 1. The van der Waals surface area contributed by atoms with E-state index < -0.39 is 0 Å². The Hall–Kier alpha value is -2.08. The molecular weight excluding hydrogens is 318 g/mol. The lowest BCUT2D eigenvalue weighted by Crippen LogP contribution is -2.49. The fraction of sp³-hybridized carbons (Fsp3) is 0.579. The summed E-state index contributed by atoms with van der Waals surface area (Å²) < 4.78 is 4.82. The Morgan fingerprint density at radius 2 is 1.80 bits per heavy atom. The van der Waals surface area contributed by atoms with Crippen LogP contribution in [0.25, 0.3) is 0 Å². The monoisotopic (exact) mass is 343 g/mol. The Kier molecular flexibility index (Phi) is 4.37. The second-order valence-corrected chi connectivity index (χ2v) is 7.19. The van der Waals surface area contributed by atoms with Gasteiger partial charge in [-0.05, 0) is 30.9 Å². The summed E-state index contributed by atoms with van der Waals surface area (Å²) in [4.78, 5) is 30.4. The van der Waals surface area contributed by atoms with Crippen molar-refractivity contribution < 1.29 is 14.3 Å². The zero-order chi connectivity index (χ0) is 17.4. The van der Waals surface area contributed by atoms with Crippen molar-refractivity contribution in [3.05, 3.63) is 29.8 Å². The van der Waals surface area contributed by atoms with E-state index in [2.05, 4.69) is 17.0 Å². The third-order valence-electron chi connectivity index (χ3n) is 5.84. The minimum atomic E-state index is -0.225. The van der Waals surface area contributed by atoms with E-state index in [1.54, 1.807) is 4.90 Å². The minimum Gasteiger partial charge on any atom is -0.453 e. The summed E-state index contributed by atoms with van der Waals surface area (Å²) in [6.45, 7) is 3.49. The first kappa shape index (κ1) is 16.4. The molecule has 6 heteroatoms. The van der Waals surface area contributed by atoms with Gasteiger partial charge in [0, 0.05) is 44.0 Å². The molecule has 1 atom stereocenters. The molecule has 0 N–H and O–H groups in total. The highest BCUT2D eigenvalue weighted by Crippen LogP contribution is 2.34. The number of fused-ring (bicyclic) bond motifs is 1. The standard InChI is InChI=1S/C19H25N3O3/c1-25-19(24)21-11-8-16(13-21)20-9-6-15(7-10-20)22-17-5-3-2-4-14(17)12-18(22)23/h2-5,15-16H,6-13H2,1H3/t16-/m0/s1. The summed E-state index contributed by atoms with van der Waals surface area (Å²) in [7, 11) is 1.44. The van der Waals surface area contributed by atoms with Crippen LogP contribution in [0.3, 0.4) is 0 Å². The van der Waals surface area contributed by atoms with Gasteiger partial charge in [-0.2, -0.15) is 0 Å². The molecule has 3 heterocycles. The van der Waals surface area contributed by atoms with E-state index in [-0.39, 0.29) is 12.0 Å². The molecule has 0 radical (unpaired) electrons. The van der Waals surface area contributed by atoms with Crippen LogP contribution in [0, 0.1) is 0 Å². The van der Waals surface area contributed by atoms with Gasteiger partial charge in [0.15, 0.2) is 0 Å². The Balaban J connectivity index is 1.36. The van der Waals surface area contributed by atoms with Crippen molar-refractivity contribution in [2.45, 2.75) is 37.8 Å². The van der Waals surface area contributed by atoms with Crippen molar-refractivity contribution in [3.63, 3.8) is 0 Å². The maximum Gasteiger partial charge on any atom is 0.409 e. The molecule has 3 aliphatic rings. The molecule has 0 bridgehead atoms. The average Bonchev–Trinajstić information content (AvgIpc) is 3.25. The summed E-state index contributed by atoms with van der Waals surface area (Å²) in [6, 6.07) is 8.86. The molecule has 1 aromatic rings. The van der Waals surface area contributed by atoms with Crippen molar-refractivity contribution >= 4 is 17.7 Å². The third-order valence-corrected chi connectivity index (χ3v) is 5.84. The molecule has 2 fully saturated rings. The summed E-state index contributed by atoms with van der Waals surface area (Å²) in [5.74, 6) is 0.234. The molecule has 1 aromatic carbocycles. The fourth-order valence-corrected chi connectivity index (χ4v) is 4.52. The highest BCUT2D eigenvalue weighted by molar-refractivity contribution is 6.01. The van der Waals surface area contributed by atoms with Crippen LogP contribution in [0.5, 0.6) is 0 Å². The second-order valence-electron chi connectivity index (χ2n) is 7.19. The van der Waals surface area contributed by atoms with Crippen molar-refractivity contribution in [3.8, 4) is 0 Å². The predicted molar refractivity (Wildman–Crippen MR) is 94.6 cm³/mol. The van der Waals surface area contributed by atoms with Gasteiger partial charge >= 0.3 is 6.09 Å². The largest absolute Gasteiger partial charge is 0.453 e. The van der Waals surface area contributed by atoms with E-state index in [0.29, 0.717) is 18.5 Å². The number of hydrogen-bond donors (Lipinski definition) is 0. The first-order valence-corrected chi connectivity index (χ1v) is 9.14. The number of amides is 2. The second kappa shape index (κ2) is 6.67. The van der Waals surface area contributed by atoms with E-state index in [4.69, 9.17) is 4.74 Å². The fourth-order valence-electron chi connectivity index (χ4n) is 4.52. The molecule has 2 amide bonds. The van der Waals surface area contributed by atoms with E-state index in [1.807, 2.05) is 17.0 Å². The molecule has 0 saturated carbocycles. The van der Waals surface area contributed by atoms with Gasteiger partial charge in [-0.25, -0.2) is 4.79 Å². The normalized spacial score (nSPS) is 24.7. The van der Waals surface area contributed by atoms with Gasteiger partial charge in [0.1, 0.15) is 0 Å². The Labute approximate surface area is 148 Å². The topological polar surface area (TPSA) is 53.1 Å². The van der Waals surface area contributed by atoms with Crippen LogP contribution in [0.15, 0.2) is 24.3 Å². The highest BCUT2D eigenvalue weighted by Gasteiger charge is 2.37. The molecule has 0 aromatic heterocycles. The van der Waals surface area contributed by atoms with E-state index in [0.717, 1.165) is 56.7 Å². The molecule has 25 heavy (non-hydrogen) atoms. The number of para-hydroxylation sites is 1. The van der Waals surface area contributed by atoms with Crippen LogP contribution in [-0.2, 0) is 16.0 Å². The Morgan fingerprint density at radius 3 is 2.56 bits per heavy atom. The molecular formula is C19H25N3O3. The number of likely N-dealkylation sites (tertiary alicyclic amines) is 2. The summed E-state index contributed by atoms with van der Waals surface area (Å²) in [5, 5.41) is 0. The van der Waals surface area contributed by atoms with Gasteiger partial charge in [-0.15, -0.1) is 0 Å². The summed E-state index contributed by atoms with van der Waals surface area (Å²) >= 11 is 0. The summed E-state index contributed by atoms with van der Waals surface area (Å²) in [6.07, 6.45) is 3.30. The molecule has 134 valence electrons. The zero-order valence-electron chi connectivity index (χ0n) is 14.7. The lowest BCUT2D eigenvalue weighted by Gasteiger charge is -2.39. The number of rotatable bonds is 2. The van der Waals surface area contributed by atoms with Gasteiger partial charge in [-0.1, -0.05) is 18.2 Å². The number of ether oxygens (including phenoxy) is 1. The van der Waals surface area contributed by atoms with E-state index in [9.17, 15) is 9.59 Å². The Bertz CT molecular complexity index is 670. The molecule has 3 aliphatic heterocycles. The van der Waals surface area contributed by atoms with E-state index in [1.165, 1.54) is 7.11 Å². The van der Waals surface area contributed by atoms with Gasteiger partial charge in [-0.3, -0.25) is 9.69 Å². The minimum absolute atomic E-state index is 0.225. The van der Waals surface area contributed by atoms with Crippen LogP contribution >= 0.6 is 0 Å². The molecule has 6 nitrogen and oxygen atoms in total. The quantitative estimate of drug-likeness (QED) is 0.823. The summed E-state index contributed by atoms with van der Waals surface area (Å²) in [5.41, 5.74) is 2.25. The van der Waals surface area contributed by atoms with Crippen molar-refractivity contribution in [1.29, 1.82) is 0 Å². The number of carbonyl (C=O) groups excluding carboxylic acids is 2. The van der Waals surface area contributed by atoms with Crippen LogP contribution in [0.2, 0.25) is 0 Å². The smallest absolute Gasteiger partial charge is 0.409 e. The van der Waals surface area contributed by atoms with Crippen LogP contribution in [0.4, 0.5) is 10.5 Å². The first-order valence-electron chi connectivity index (χ1n) is 9.14. The Morgan fingerprint density at radius 1 is 1.08 bits per heavy atom. The van der Waals surface area contributed by atoms with Crippen LogP contribution in [-0.4, -0.2) is 67.2 Å². The van der Waals surface area contributed by atoms with Crippen molar-refractivity contribution in [1.82, 2.24) is 9.80 Å². The average molecular weight is 343 g/mol. The number of hydrogen-bond acceptors (Lipinski definition) is 4. The van der Waals surface area contributed by atoms with Gasteiger partial charge in [0.05, 0.1) is 13.5 Å². The van der Waals surface area contributed by atoms with Gasteiger partial charge < -0.3 is 14.5 Å². The number of carbonyl (C=O) groups is 2. The molecule has 0 aliphatic carbocycles. The van der Waals surface area contributed by atoms with Crippen molar-refractivity contribution in [2.24, 2.45) is 0 Å². The lowest BCUT2D eigenvalue weighted by molar-refractivity contribution is -0.118. The number of piperidine rings is 1. The van der Waals surface area contributed by atoms with Gasteiger partial charge in [0.2, 0.25) is 5.91 Å². The predicted octanol–water partition coefficient (Wildman–Crippen LogP) is 1.88. The van der Waals surface area contributed by atoms with E-state index >= 15 is 0 Å². The van der Waals surface area contributed by atoms with Crippen LogP contribution in [0.1, 0.15) is 24.8 Å². The third kappa shape index (κ3) is 2.99.